The number of ketones is 1. The fourth-order valence-electron chi connectivity index (χ4n) is 7.81. The van der Waals surface area contributed by atoms with Crippen LogP contribution in [0.5, 0.6) is 0 Å². The van der Waals surface area contributed by atoms with Gasteiger partial charge >= 0.3 is 5.97 Å². The van der Waals surface area contributed by atoms with Crippen LogP contribution in [-0.2, 0) is 14.3 Å². The van der Waals surface area contributed by atoms with Crippen molar-refractivity contribution in [1.82, 2.24) is 5.32 Å². The molecule has 4 fully saturated rings. The highest BCUT2D eigenvalue weighted by molar-refractivity contribution is 6.21. The summed E-state index contributed by atoms with van der Waals surface area (Å²) in [5.41, 5.74) is 1.25. The standard InChI is InChI=1S/C21H27NO3/c1-10-6-7-14-15(22-10)8-11-9-21(14)18-16(11)12-4-2-3-5-13(12)19(23)17(18)20(24)25-21/h10-16,22H,2-9H2,1H3/t10-,11?,12+,13+,14+,15+,16-,21+/m0/s1. The molecule has 4 aliphatic carbocycles. The summed E-state index contributed by atoms with van der Waals surface area (Å²) in [4.78, 5) is 26.0. The van der Waals surface area contributed by atoms with E-state index in [1.807, 2.05) is 0 Å². The van der Waals surface area contributed by atoms with Gasteiger partial charge in [-0.05, 0) is 68.8 Å². The van der Waals surface area contributed by atoms with E-state index in [2.05, 4.69) is 12.2 Å². The Hall–Kier alpha value is -1.16. The number of nitrogens with one attached hydrogen (secondary N) is 1. The molecule has 2 aliphatic heterocycles. The van der Waals surface area contributed by atoms with Gasteiger partial charge in [-0.2, -0.15) is 0 Å². The van der Waals surface area contributed by atoms with E-state index < -0.39 is 5.60 Å². The highest BCUT2D eigenvalue weighted by atomic mass is 16.6. The molecule has 0 aromatic rings. The van der Waals surface area contributed by atoms with Gasteiger partial charge in [-0.25, -0.2) is 4.79 Å². The number of Topliss-reactive ketones (excluding diaryl/α,β-unsaturated/α-hetero) is 1. The van der Waals surface area contributed by atoms with Crippen molar-refractivity contribution in [3.05, 3.63) is 11.1 Å². The average Bonchev–Trinajstić information content (AvgIpc) is 3.01. The lowest BCUT2D eigenvalue weighted by Gasteiger charge is -2.48. The van der Waals surface area contributed by atoms with Crippen LogP contribution in [0.3, 0.4) is 0 Å². The SMILES string of the molecule is C[C@H]1CC[C@@H]2[C@@H](CC3C[C@@]24OC(=O)C2=C4[C@@H]3[C@@H]3CCCC[C@H]3C2=O)N1. The first-order valence-electron chi connectivity index (χ1n) is 10.4. The molecule has 6 rings (SSSR count). The van der Waals surface area contributed by atoms with Gasteiger partial charge in [0, 0.05) is 23.9 Å². The van der Waals surface area contributed by atoms with Crippen molar-refractivity contribution in [1.29, 1.82) is 0 Å². The zero-order valence-electron chi connectivity index (χ0n) is 14.9. The number of hydrogen-bond acceptors (Lipinski definition) is 4. The predicted molar refractivity (Wildman–Crippen MR) is 91.6 cm³/mol. The molecule has 1 spiro atoms. The van der Waals surface area contributed by atoms with Gasteiger partial charge in [-0.15, -0.1) is 0 Å². The fourth-order valence-corrected chi connectivity index (χ4v) is 7.81. The van der Waals surface area contributed by atoms with E-state index in [1.165, 1.54) is 18.4 Å². The average molecular weight is 341 g/mol. The Morgan fingerprint density at radius 1 is 1.12 bits per heavy atom. The van der Waals surface area contributed by atoms with Gasteiger partial charge in [0.05, 0.1) is 0 Å². The van der Waals surface area contributed by atoms with Gasteiger partial charge < -0.3 is 10.1 Å². The van der Waals surface area contributed by atoms with Crippen LogP contribution in [-0.4, -0.2) is 29.4 Å². The van der Waals surface area contributed by atoms with Gasteiger partial charge in [-0.1, -0.05) is 12.8 Å². The molecule has 25 heavy (non-hydrogen) atoms. The summed E-state index contributed by atoms with van der Waals surface area (Å²) < 4.78 is 6.17. The molecular weight excluding hydrogens is 314 g/mol. The van der Waals surface area contributed by atoms with E-state index in [4.69, 9.17) is 4.74 Å². The zero-order valence-corrected chi connectivity index (χ0v) is 14.9. The summed E-state index contributed by atoms with van der Waals surface area (Å²) >= 11 is 0. The van der Waals surface area contributed by atoms with E-state index in [-0.39, 0.29) is 17.7 Å². The summed E-state index contributed by atoms with van der Waals surface area (Å²) in [7, 11) is 0. The second-order valence-corrected chi connectivity index (χ2v) is 9.57. The number of esters is 1. The van der Waals surface area contributed by atoms with Crippen LogP contribution in [0, 0.1) is 29.6 Å². The van der Waals surface area contributed by atoms with E-state index in [1.54, 1.807) is 0 Å². The first-order chi connectivity index (χ1) is 12.1. The predicted octanol–water partition coefficient (Wildman–Crippen LogP) is 2.76. The number of carbonyl (C=O) groups excluding carboxylic acids is 2. The van der Waals surface area contributed by atoms with Crippen LogP contribution in [0.25, 0.3) is 0 Å². The molecule has 0 aromatic heterocycles. The minimum Gasteiger partial charge on any atom is -0.450 e. The molecule has 6 aliphatic rings. The van der Waals surface area contributed by atoms with Crippen molar-refractivity contribution < 1.29 is 14.3 Å². The molecule has 4 nitrogen and oxygen atoms in total. The Bertz CT molecular complexity index is 712. The minimum absolute atomic E-state index is 0.0912. The summed E-state index contributed by atoms with van der Waals surface area (Å²) in [5, 5.41) is 3.81. The van der Waals surface area contributed by atoms with Gasteiger partial charge in [0.2, 0.25) is 0 Å². The first kappa shape index (κ1) is 15.0. The quantitative estimate of drug-likeness (QED) is 0.544. The molecule has 1 unspecified atom stereocenters. The van der Waals surface area contributed by atoms with E-state index in [0.717, 1.165) is 38.5 Å². The Morgan fingerprint density at radius 3 is 2.84 bits per heavy atom. The van der Waals surface area contributed by atoms with Crippen LogP contribution in [0.4, 0.5) is 0 Å². The monoisotopic (exact) mass is 341 g/mol. The minimum atomic E-state index is -0.435. The number of piperidine rings is 1. The summed E-state index contributed by atoms with van der Waals surface area (Å²) in [6.07, 6.45) is 8.96. The second kappa shape index (κ2) is 4.76. The third-order valence-corrected chi connectivity index (χ3v) is 8.53. The third kappa shape index (κ3) is 1.68. The topological polar surface area (TPSA) is 55.4 Å². The van der Waals surface area contributed by atoms with Crippen LogP contribution in [0.1, 0.15) is 58.3 Å². The molecule has 134 valence electrons. The molecule has 0 amide bonds. The smallest absolute Gasteiger partial charge is 0.342 e. The second-order valence-electron chi connectivity index (χ2n) is 9.57. The number of fused-ring (bicyclic) bond motifs is 5. The zero-order chi connectivity index (χ0) is 16.9. The lowest BCUT2D eigenvalue weighted by molar-refractivity contribution is -0.157. The molecule has 8 atom stereocenters. The molecule has 1 N–H and O–H groups in total. The van der Waals surface area contributed by atoms with Crippen molar-refractivity contribution in [3.63, 3.8) is 0 Å². The maximum atomic E-state index is 13.2. The highest BCUT2D eigenvalue weighted by Gasteiger charge is 2.70. The van der Waals surface area contributed by atoms with E-state index in [0.29, 0.717) is 41.3 Å². The van der Waals surface area contributed by atoms with Gasteiger partial charge in [0.25, 0.3) is 0 Å². The van der Waals surface area contributed by atoms with Gasteiger partial charge in [0.1, 0.15) is 11.2 Å². The molecular formula is C21H27NO3. The summed E-state index contributed by atoms with van der Waals surface area (Å²) in [6.45, 7) is 2.27. The summed E-state index contributed by atoms with van der Waals surface area (Å²) in [5.74, 6) is 1.82. The van der Waals surface area contributed by atoms with Crippen molar-refractivity contribution in [3.8, 4) is 0 Å². The Morgan fingerprint density at radius 2 is 1.96 bits per heavy atom. The molecule has 2 heterocycles. The highest BCUT2D eigenvalue weighted by Crippen LogP contribution is 2.67. The number of carbonyl (C=O) groups is 2. The van der Waals surface area contributed by atoms with Crippen molar-refractivity contribution in [2.45, 2.75) is 76.0 Å². The number of ether oxygens (including phenoxy) is 1. The lowest BCUT2D eigenvalue weighted by Crippen LogP contribution is -2.57. The molecule has 4 heteroatoms. The van der Waals surface area contributed by atoms with Crippen molar-refractivity contribution >= 4 is 11.8 Å². The van der Waals surface area contributed by atoms with Crippen LogP contribution < -0.4 is 5.32 Å². The van der Waals surface area contributed by atoms with Crippen molar-refractivity contribution in [2.75, 3.05) is 0 Å². The lowest BCUT2D eigenvalue weighted by atomic mass is 9.61. The maximum Gasteiger partial charge on any atom is 0.342 e. The normalized spacial score (nSPS) is 53.2. The van der Waals surface area contributed by atoms with E-state index >= 15 is 0 Å². The number of rotatable bonds is 0. The van der Waals surface area contributed by atoms with Gasteiger partial charge in [-0.3, -0.25) is 4.79 Å². The van der Waals surface area contributed by atoms with E-state index in [9.17, 15) is 9.59 Å². The molecule has 0 aromatic carbocycles. The maximum absolute atomic E-state index is 13.2. The largest absolute Gasteiger partial charge is 0.450 e. The Labute approximate surface area is 148 Å². The number of hydrogen-bond donors (Lipinski definition) is 1. The molecule has 3 saturated carbocycles. The Balaban J connectivity index is 1.53. The van der Waals surface area contributed by atoms with Crippen LogP contribution >= 0.6 is 0 Å². The van der Waals surface area contributed by atoms with Crippen molar-refractivity contribution in [2.24, 2.45) is 29.6 Å². The first-order valence-corrected chi connectivity index (χ1v) is 10.4. The molecule has 0 radical (unpaired) electrons. The fraction of sp³-hybridized carbons (Fsp3) is 0.810. The van der Waals surface area contributed by atoms with Crippen LogP contribution in [0.15, 0.2) is 11.1 Å². The third-order valence-electron chi connectivity index (χ3n) is 8.53. The Kier molecular flexibility index (Phi) is 2.85. The van der Waals surface area contributed by atoms with Crippen LogP contribution in [0.2, 0.25) is 0 Å². The van der Waals surface area contributed by atoms with Gasteiger partial charge in [0.15, 0.2) is 5.78 Å². The summed E-state index contributed by atoms with van der Waals surface area (Å²) in [6, 6.07) is 0.997. The molecule has 1 saturated heterocycles. The molecule has 2 bridgehead atoms.